The number of nitriles is 1. The summed E-state index contributed by atoms with van der Waals surface area (Å²) in [5.74, 6) is 0.372. The standard InChI is InChI=1S/C11H18N2O/c1-9(6-7-12)13(2)10-4-3-5-11(14)8-10/h9-10H,3-6,8H2,1-2H3. The van der Waals surface area contributed by atoms with E-state index in [0.29, 0.717) is 24.7 Å². The highest BCUT2D eigenvalue weighted by Crippen LogP contribution is 2.21. The summed E-state index contributed by atoms with van der Waals surface area (Å²) >= 11 is 0. The summed E-state index contributed by atoms with van der Waals surface area (Å²) in [6, 6.07) is 2.79. The second-order valence-corrected chi connectivity index (χ2v) is 4.17. The molecule has 0 spiro atoms. The molecule has 14 heavy (non-hydrogen) atoms. The summed E-state index contributed by atoms with van der Waals surface area (Å²) in [6.07, 6.45) is 4.07. The van der Waals surface area contributed by atoms with E-state index in [1.165, 1.54) is 0 Å². The van der Waals surface area contributed by atoms with Gasteiger partial charge in [0.1, 0.15) is 5.78 Å². The van der Waals surface area contributed by atoms with Gasteiger partial charge < -0.3 is 0 Å². The van der Waals surface area contributed by atoms with Gasteiger partial charge in [0.2, 0.25) is 0 Å². The van der Waals surface area contributed by atoms with Crippen LogP contribution in [-0.2, 0) is 4.79 Å². The van der Waals surface area contributed by atoms with Crippen LogP contribution in [0.1, 0.15) is 39.0 Å². The van der Waals surface area contributed by atoms with Crippen LogP contribution in [0.25, 0.3) is 0 Å². The number of rotatable bonds is 3. The molecule has 1 aliphatic rings. The average Bonchev–Trinajstić information content (AvgIpc) is 2.17. The molecule has 1 saturated carbocycles. The Bertz CT molecular complexity index is 244. The highest BCUT2D eigenvalue weighted by atomic mass is 16.1. The minimum Gasteiger partial charge on any atom is -0.300 e. The zero-order chi connectivity index (χ0) is 10.6. The van der Waals surface area contributed by atoms with Crippen LogP contribution in [0.5, 0.6) is 0 Å². The first-order chi connectivity index (χ1) is 6.65. The summed E-state index contributed by atoms with van der Waals surface area (Å²) in [4.78, 5) is 13.4. The summed E-state index contributed by atoms with van der Waals surface area (Å²) < 4.78 is 0. The Balaban J connectivity index is 2.47. The van der Waals surface area contributed by atoms with Crippen LogP contribution in [0.15, 0.2) is 0 Å². The van der Waals surface area contributed by atoms with Crippen LogP contribution in [0.4, 0.5) is 0 Å². The number of carbonyl (C=O) groups is 1. The predicted octanol–water partition coefficient (Wildman–Crippen LogP) is 1.73. The van der Waals surface area contributed by atoms with E-state index in [1.807, 2.05) is 14.0 Å². The summed E-state index contributed by atoms with van der Waals surface area (Å²) in [6.45, 7) is 2.04. The molecule has 0 aromatic rings. The second-order valence-electron chi connectivity index (χ2n) is 4.17. The van der Waals surface area contributed by atoms with Crippen LogP contribution >= 0.6 is 0 Å². The number of ketones is 1. The minimum atomic E-state index is 0.260. The molecule has 2 unspecified atom stereocenters. The fourth-order valence-corrected chi connectivity index (χ4v) is 1.99. The lowest BCUT2D eigenvalue weighted by molar-refractivity contribution is -0.122. The van der Waals surface area contributed by atoms with E-state index in [0.717, 1.165) is 19.3 Å². The third-order valence-electron chi connectivity index (χ3n) is 3.11. The van der Waals surface area contributed by atoms with Crippen molar-refractivity contribution >= 4 is 5.78 Å². The number of nitrogens with zero attached hydrogens (tertiary/aromatic N) is 2. The number of Topliss-reactive ketones (excluding diaryl/α,β-unsaturated/α-hetero) is 1. The smallest absolute Gasteiger partial charge is 0.134 e. The monoisotopic (exact) mass is 194 g/mol. The van der Waals surface area contributed by atoms with Gasteiger partial charge in [0, 0.05) is 24.9 Å². The Morgan fingerprint density at radius 1 is 1.71 bits per heavy atom. The molecule has 0 amide bonds. The Labute approximate surface area is 85.7 Å². The number of hydrogen-bond donors (Lipinski definition) is 0. The van der Waals surface area contributed by atoms with Gasteiger partial charge in [-0.15, -0.1) is 0 Å². The summed E-state index contributed by atoms with van der Waals surface area (Å²) in [5.41, 5.74) is 0. The van der Waals surface area contributed by atoms with E-state index in [4.69, 9.17) is 5.26 Å². The summed E-state index contributed by atoms with van der Waals surface area (Å²) in [5, 5.41) is 8.59. The first kappa shape index (κ1) is 11.2. The van der Waals surface area contributed by atoms with Crippen LogP contribution in [0, 0.1) is 11.3 Å². The molecule has 3 heteroatoms. The fourth-order valence-electron chi connectivity index (χ4n) is 1.99. The van der Waals surface area contributed by atoms with Gasteiger partial charge in [-0.05, 0) is 26.8 Å². The molecule has 0 aliphatic heterocycles. The van der Waals surface area contributed by atoms with Crippen molar-refractivity contribution in [1.82, 2.24) is 4.90 Å². The lowest BCUT2D eigenvalue weighted by atomic mass is 9.92. The van der Waals surface area contributed by atoms with E-state index in [9.17, 15) is 4.79 Å². The normalized spacial score (nSPS) is 24.7. The quantitative estimate of drug-likeness (QED) is 0.687. The molecule has 0 aromatic carbocycles. The molecule has 1 aliphatic carbocycles. The van der Waals surface area contributed by atoms with Gasteiger partial charge in [-0.3, -0.25) is 9.69 Å². The Hall–Kier alpha value is -0.880. The molecular weight excluding hydrogens is 176 g/mol. The third-order valence-corrected chi connectivity index (χ3v) is 3.11. The molecule has 0 heterocycles. The minimum absolute atomic E-state index is 0.260. The van der Waals surface area contributed by atoms with Crippen molar-refractivity contribution in [3.05, 3.63) is 0 Å². The third kappa shape index (κ3) is 2.81. The molecule has 0 aromatic heterocycles. The molecule has 2 atom stereocenters. The molecule has 78 valence electrons. The highest BCUT2D eigenvalue weighted by molar-refractivity contribution is 5.79. The molecule has 1 rings (SSSR count). The van der Waals surface area contributed by atoms with Crippen LogP contribution in [-0.4, -0.2) is 29.8 Å². The molecule has 0 N–H and O–H groups in total. The second kappa shape index (κ2) is 5.11. The van der Waals surface area contributed by atoms with E-state index >= 15 is 0 Å². The largest absolute Gasteiger partial charge is 0.300 e. The van der Waals surface area contributed by atoms with Gasteiger partial charge >= 0.3 is 0 Å². The zero-order valence-corrected chi connectivity index (χ0v) is 8.99. The maximum absolute atomic E-state index is 11.3. The molecule has 0 saturated heterocycles. The van der Waals surface area contributed by atoms with Crippen molar-refractivity contribution in [3.63, 3.8) is 0 Å². The van der Waals surface area contributed by atoms with E-state index in [-0.39, 0.29) is 6.04 Å². The van der Waals surface area contributed by atoms with Crippen LogP contribution in [0.3, 0.4) is 0 Å². The zero-order valence-electron chi connectivity index (χ0n) is 8.99. The van der Waals surface area contributed by atoms with Crippen molar-refractivity contribution in [3.8, 4) is 6.07 Å². The molecular formula is C11H18N2O. The molecule has 1 fully saturated rings. The van der Waals surface area contributed by atoms with E-state index < -0.39 is 0 Å². The maximum atomic E-state index is 11.3. The van der Waals surface area contributed by atoms with Crippen molar-refractivity contribution in [1.29, 1.82) is 5.26 Å². The van der Waals surface area contributed by atoms with Crippen molar-refractivity contribution in [2.45, 2.75) is 51.1 Å². The summed E-state index contributed by atoms with van der Waals surface area (Å²) in [7, 11) is 2.02. The topological polar surface area (TPSA) is 44.1 Å². The fraction of sp³-hybridized carbons (Fsp3) is 0.818. The van der Waals surface area contributed by atoms with Gasteiger partial charge in [0.15, 0.2) is 0 Å². The molecule has 3 nitrogen and oxygen atoms in total. The van der Waals surface area contributed by atoms with Gasteiger partial charge in [-0.1, -0.05) is 0 Å². The van der Waals surface area contributed by atoms with Gasteiger partial charge in [-0.2, -0.15) is 5.26 Å². The first-order valence-electron chi connectivity index (χ1n) is 5.25. The van der Waals surface area contributed by atoms with Crippen LogP contribution in [0.2, 0.25) is 0 Å². The van der Waals surface area contributed by atoms with Crippen molar-refractivity contribution in [2.24, 2.45) is 0 Å². The average molecular weight is 194 g/mol. The lowest BCUT2D eigenvalue weighted by Gasteiger charge is -2.34. The van der Waals surface area contributed by atoms with E-state index in [1.54, 1.807) is 0 Å². The van der Waals surface area contributed by atoms with E-state index in [2.05, 4.69) is 11.0 Å². The number of hydrogen-bond acceptors (Lipinski definition) is 3. The van der Waals surface area contributed by atoms with Crippen molar-refractivity contribution < 1.29 is 4.79 Å². The molecule has 0 bridgehead atoms. The Morgan fingerprint density at radius 3 is 3.00 bits per heavy atom. The van der Waals surface area contributed by atoms with Crippen molar-refractivity contribution in [2.75, 3.05) is 7.05 Å². The predicted molar refractivity (Wildman–Crippen MR) is 54.7 cm³/mol. The van der Waals surface area contributed by atoms with Crippen LogP contribution < -0.4 is 0 Å². The SMILES string of the molecule is CC(CC#N)N(C)C1CCCC(=O)C1. The van der Waals surface area contributed by atoms with Gasteiger partial charge in [-0.25, -0.2) is 0 Å². The lowest BCUT2D eigenvalue weighted by Crippen LogP contribution is -2.41. The number of carbonyl (C=O) groups excluding carboxylic acids is 1. The highest BCUT2D eigenvalue weighted by Gasteiger charge is 2.25. The Kier molecular flexibility index (Phi) is 4.09. The first-order valence-corrected chi connectivity index (χ1v) is 5.25. The Morgan fingerprint density at radius 2 is 2.43 bits per heavy atom. The van der Waals surface area contributed by atoms with Gasteiger partial charge in [0.05, 0.1) is 12.5 Å². The maximum Gasteiger partial charge on any atom is 0.134 e. The van der Waals surface area contributed by atoms with Gasteiger partial charge in [0.25, 0.3) is 0 Å². The molecule has 0 radical (unpaired) electrons.